The molecule has 3 N–H and O–H groups in total. The van der Waals surface area contributed by atoms with Crippen molar-refractivity contribution in [2.75, 3.05) is 19.6 Å². The van der Waals surface area contributed by atoms with Gasteiger partial charge in [-0.1, -0.05) is 0 Å². The molecule has 132 valence electrons. The van der Waals surface area contributed by atoms with Gasteiger partial charge in [0.1, 0.15) is 0 Å². The monoisotopic (exact) mass is 335 g/mol. The third-order valence-electron chi connectivity index (χ3n) is 4.89. The first-order valence-electron chi connectivity index (χ1n) is 8.60. The van der Waals surface area contributed by atoms with Crippen molar-refractivity contribution in [1.29, 1.82) is 0 Å². The van der Waals surface area contributed by atoms with Crippen molar-refractivity contribution in [2.24, 2.45) is 0 Å². The Balaban J connectivity index is 1.63. The Morgan fingerprint density at radius 1 is 1.50 bits per heavy atom. The molecule has 8 heteroatoms. The highest BCUT2D eigenvalue weighted by Gasteiger charge is 2.37. The van der Waals surface area contributed by atoms with Gasteiger partial charge in [0.05, 0.1) is 30.5 Å². The molecule has 0 aromatic carbocycles. The Bertz CT molecular complexity index is 602. The molecule has 0 spiro atoms. The predicted octanol–water partition coefficient (Wildman–Crippen LogP) is -0.653. The number of hydrogen-bond donors (Lipinski definition) is 3. The lowest BCUT2D eigenvalue weighted by atomic mass is 9.86. The number of aryl methyl sites for hydroxylation is 1. The fourth-order valence-corrected chi connectivity index (χ4v) is 3.56. The zero-order valence-corrected chi connectivity index (χ0v) is 13.9. The van der Waals surface area contributed by atoms with Crippen molar-refractivity contribution in [3.8, 4) is 0 Å². The highest BCUT2D eigenvalue weighted by molar-refractivity contribution is 5.93. The number of piperazine rings is 1. The van der Waals surface area contributed by atoms with Crippen molar-refractivity contribution < 1.29 is 14.7 Å². The molecule has 1 aromatic rings. The maximum atomic E-state index is 12.4. The van der Waals surface area contributed by atoms with Gasteiger partial charge in [-0.15, -0.1) is 0 Å². The summed E-state index contributed by atoms with van der Waals surface area (Å²) in [6.45, 7) is 4.32. The van der Waals surface area contributed by atoms with Gasteiger partial charge >= 0.3 is 0 Å². The van der Waals surface area contributed by atoms with Crippen LogP contribution in [0.1, 0.15) is 36.5 Å². The summed E-state index contributed by atoms with van der Waals surface area (Å²) in [7, 11) is 0. The van der Waals surface area contributed by atoms with E-state index in [9.17, 15) is 14.7 Å². The molecular formula is C16H25N5O3. The Labute approximate surface area is 141 Å². The van der Waals surface area contributed by atoms with E-state index in [1.54, 1.807) is 17.1 Å². The van der Waals surface area contributed by atoms with Crippen LogP contribution < -0.4 is 10.6 Å². The highest BCUT2D eigenvalue weighted by atomic mass is 16.3. The largest absolute Gasteiger partial charge is 0.389 e. The Kier molecular flexibility index (Phi) is 5.15. The lowest BCUT2D eigenvalue weighted by Crippen LogP contribution is -2.60. The first kappa shape index (κ1) is 16.9. The molecule has 1 saturated heterocycles. The van der Waals surface area contributed by atoms with Crippen LogP contribution in [0.3, 0.4) is 0 Å². The average molecular weight is 335 g/mol. The molecule has 1 saturated carbocycles. The Morgan fingerprint density at radius 3 is 3.04 bits per heavy atom. The summed E-state index contributed by atoms with van der Waals surface area (Å²) in [5.74, 6) is -0.220. The molecule has 1 aliphatic carbocycles. The van der Waals surface area contributed by atoms with Crippen LogP contribution in [0.5, 0.6) is 0 Å². The topological polar surface area (TPSA) is 99.5 Å². The van der Waals surface area contributed by atoms with E-state index < -0.39 is 6.10 Å². The van der Waals surface area contributed by atoms with Crippen LogP contribution in [0.2, 0.25) is 0 Å². The van der Waals surface area contributed by atoms with E-state index in [1.807, 2.05) is 11.8 Å². The molecule has 24 heavy (non-hydrogen) atoms. The SMILES string of the molecule is CCn1cc(C(=O)N[C@@H]2CCC[C@@H](N3CCNC(=O)C3)[C@@H]2O)cn1. The van der Waals surface area contributed by atoms with Crippen molar-refractivity contribution >= 4 is 11.8 Å². The minimum absolute atomic E-state index is 0.00779. The molecule has 2 amide bonds. The third-order valence-corrected chi connectivity index (χ3v) is 4.89. The number of aromatic nitrogens is 2. The zero-order valence-electron chi connectivity index (χ0n) is 13.9. The first-order valence-corrected chi connectivity index (χ1v) is 8.60. The quantitative estimate of drug-likeness (QED) is 0.679. The van der Waals surface area contributed by atoms with Crippen molar-refractivity contribution in [2.45, 2.75) is 50.9 Å². The van der Waals surface area contributed by atoms with Crippen LogP contribution in [-0.4, -0.2) is 69.4 Å². The van der Waals surface area contributed by atoms with Gasteiger partial charge in [-0.25, -0.2) is 0 Å². The Hall–Kier alpha value is -1.93. The van der Waals surface area contributed by atoms with E-state index in [2.05, 4.69) is 15.7 Å². The van der Waals surface area contributed by atoms with Crippen molar-refractivity contribution in [3.63, 3.8) is 0 Å². The molecule has 3 atom stereocenters. The average Bonchev–Trinajstić information content (AvgIpc) is 3.06. The van der Waals surface area contributed by atoms with E-state index in [4.69, 9.17) is 0 Å². The summed E-state index contributed by atoms with van der Waals surface area (Å²) in [5.41, 5.74) is 0.503. The number of hydrogen-bond acceptors (Lipinski definition) is 5. The van der Waals surface area contributed by atoms with Gasteiger partial charge in [-0.05, 0) is 26.2 Å². The molecular weight excluding hydrogens is 310 g/mol. The summed E-state index contributed by atoms with van der Waals surface area (Å²) in [5, 5.41) is 20.5. The molecule has 2 aliphatic rings. The maximum absolute atomic E-state index is 12.4. The summed E-state index contributed by atoms with van der Waals surface area (Å²) < 4.78 is 1.70. The van der Waals surface area contributed by atoms with E-state index in [0.717, 1.165) is 25.8 Å². The minimum atomic E-state index is -0.671. The molecule has 0 unspecified atom stereocenters. The molecule has 1 aromatic heterocycles. The van der Waals surface area contributed by atoms with Crippen LogP contribution in [0, 0.1) is 0 Å². The normalized spacial score (nSPS) is 28.4. The fraction of sp³-hybridized carbons (Fsp3) is 0.688. The van der Waals surface area contributed by atoms with Crippen molar-refractivity contribution in [3.05, 3.63) is 18.0 Å². The summed E-state index contributed by atoms with van der Waals surface area (Å²) >= 11 is 0. The van der Waals surface area contributed by atoms with Gasteiger partial charge < -0.3 is 15.7 Å². The summed E-state index contributed by atoms with van der Waals surface area (Å²) in [4.78, 5) is 26.0. The van der Waals surface area contributed by atoms with Gasteiger partial charge in [-0.2, -0.15) is 5.10 Å². The Morgan fingerprint density at radius 2 is 2.33 bits per heavy atom. The van der Waals surface area contributed by atoms with Crippen molar-refractivity contribution in [1.82, 2.24) is 25.3 Å². The van der Waals surface area contributed by atoms with E-state index >= 15 is 0 Å². The van der Waals surface area contributed by atoms with E-state index in [0.29, 0.717) is 25.2 Å². The van der Waals surface area contributed by atoms with Crippen LogP contribution in [0.15, 0.2) is 12.4 Å². The number of carbonyl (C=O) groups is 2. The lowest BCUT2D eigenvalue weighted by molar-refractivity contribution is -0.126. The number of nitrogens with zero attached hydrogens (tertiary/aromatic N) is 3. The number of amides is 2. The maximum Gasteiger partial charge on any atom is 0.254 e. The molecule has 3 rings (SSSR count). The summed E-state index contributed by atoms with van der Waals surface area (Å²) in [6, 6.07) is -0.389. The number of nitrogens with one attached hydrogen (secondary N) is 2. The van der Waals surface area contributed by atoms with Gasteiger partial charge in [0, 0.05) is 31.9 Å². The summed E-state index contributed by atoms with van der Waals surface area (Å²) in [6.07, 6.45) is 5.08. The lowest BCUT2D eigenvalue weighted by Gasteiger charge is -2.42. The second-order valence-corrected chi connectivity index (χ2v) is 6.47. The third kappa shape index (κ3) is 3.59. The van der Waals surface area contributed by atoms with Gasteiger partial charge in [0.15, 0.2) is 0 Å². The number of aliphatic hydroxyl groups is 1. The molecule has 0 radical (unpaired) electrons. The zero-order chi connectivity index (χ0) is 17.1. The fourth-order valence-electron chi connectivity index (χ4n) is 3.56. The van der Waals surface area contributed by atoms with Crippen LogP contribution in [0.25, 0.3) is 0 Å². The smallest absolute Gasteiger partial charge is 0.254 e. The predicted molar refractivity (Wildman–Crippen MR) is 87.4 cm³/mol. The molecule has 2 heterocycles. The molecule has 0 bridgehead atoms. The van der Waals surface area contributed by atoms with Gasteiger partial charge in [0.2, 0.25) is 5.91 Å². The standard InChI is InChI=1S/C16H25N5O3/c1-2-21-9-11(8-18-21)16(24)19-12-4-3-5-13(15(12)23)20-7-6-17-14(22)10-20/h8-9,12-13,15,23H,2-7,10H2,1H3,(H,17,22)(H,19,24)/t12-,13-,15-/m1/s1. The highest BCUT2D eigenvalue weighted by Crippen LogP contribution is 2.24. The van der Waals surface area contributed by atoms with E-state index in [1.165, 1.54) is 0 Å². The molecule has 8 nitrogen and oxygen atoms in total. The number of aliphatic hydroxyl groups excluding tert-OH is 1. The number of rotatable bonds is 4. The van der Waals surface area contributed by atoms with Crippen LogP contribution in [-0.2, 0) is 11.3 Å². The first-order chi connectivity index (χ1) is 11.6. The van der Waals surface area contributed by atoms with Gasteiger partial charge in [0.25, 0.3) is 5.91 Å². The van der Waals surface area contributed by atoms with Crippen LogP contribution >= 0.6 is 0 Å². The minimum Gasteiger partial charge on any atom is -0.389 e. The molecule has 1 aliphatic heterocycles. The van der Waals surface area contributed by atoms with Crippen LogP contribution in [0.4, 0.5) is 0 Å². The van der Waals surface area contributed by atoms with Gasteiger partial charge in [-0.3, -0.25) is 19.2 Å². The second kappa shape index (κ2) is 7.31. The molecule has 2 fully saturated rings. The number of carbonyl (C=O) groups excluding carboxylic acids is 2. The van der Waals surface area contributed by atoms with E-state index in [-0.39, 0.29) is 23.9 Å². The second-order valence-electron chi connectivity index (χ2n) is 6.47.